The third-order valence-corrected chi connectivity index (χ3v) is 6.85. The van der Waals surface area contributed by atoms with E-state index in [1.54, 1.807) is 0 Å². The summed E-state index contributed by atoms with van der Waals surface area (Å²) in [4.78, 5) is 2.24. The minimum atomic E-state index is -0.733. The van der Waals surface area contributed by atoms with Gasteiger partial charge >= 0.3 is 0 Å². The second-order valence-corrected chi connectivity index (χ2v) is 9.18. The van der Waals surface area contributed by atoms with Gasteiger partial charge in [-0.2, -0.15) is 0 Å². The van der Waals surface area contributed by atoms with Gasteiger partial charge in [-0.15, -0.1) is 0 Å². The van der Waals surface area contributed by atoms with Crippen molar-refractivity contribution >= 4 is 17.7 Å². The van der Waals surface area contributed by atoms with Crippen LogP contribution in [0.5, 0.6) is 0 Å². The molecule has 1 aromatic rings. The maximum absolute atomic E-state index is 12.1. The van der Waals surface area contributed by atoms with Crippen molar-refractivity contribution in [3.05, 3.63) is 40.4 Å². The van der Waals surface area contributed by atoms with E-state index in [1.807, 2.05) is 12.1 Å². The molecule has 0 aliphatic heterocycles. The van der Waals surface area contributed by atoms with Crippen LogP contribution in [0, 0.1) is 11.8 Å². The van der Waals surface area contributed by atoms with E-state index in [4.69, 9.17) is 11.6 Å². The molecule has 2 aliphatic carbocycles. The van der Waals surface area contributed by atoms with Crippen molar-refractivity contribution in [1.82, 2.24) is 4.90 Å². The Morgan fingerprint density at radius 3 is 2.35 bits per heavy atom. The maximum Gasteiger partial charge on any atom is 0.102 e. The summed E-state index contributed by atoms with van der Waals surface area (Å²) in [5, 5.41) is 12.8. The zero-order valence-corrected chi connectivity index (χ0v) is 17.3. The first kappa shape index (κ1) is 19.9. The highest BCUT2D eigenvalue weighted by atomic mass is 35.5. The summed E-state index contributed by atoms with van der Waals surface area (Å²) in [5.74, 6) is 1.06. The smallest absolute Gasteiger partial charge is 0.102 e. The van der Waals surface area contributed by atoms with E-state index in [9.17, 15) is 5.11 Å². The van der Waals surface area contributed by atoms with Crippen LogP contribution in [0.15, 0.2) is 29.8 Å². The Hall–Kier alpha value is -0.830. The van der Waals surface area contributed by atoms with Crippen molar-refractivity contribution in [2.24, 2.45) is 11.8 Å². The van der Waals surface area contributed by atoms with Crippen LogP contribution in [-0.4, -0.2) is 35.7 Å². The molecule has 2 nitrogen and oxygen atoms in total. The Kier molecular flexibility index (Phi) is 6.48. The molecule has 2 fully saturated rings. The van der Waals surface area contributed by atoms with Crippen molar-refractivity contribution in [3.8, 4) is 0 Å². The van der Waals surface area contributed by atoms with Crippen LogP contribution >= 0.6 is 11.6 Å². The number of rotatable bonds is 4. The average molecular weight is 376 g/mol. The standard InChI is InChI=1S/C23H34ClNO/c1-17-9-14-22(25(2)3)23(26,16-19-7-5-4-6-8-19)21(17)15-18-10-12-20(24)13-11-18/h10-13,15,17,19,22,26H,4-9,14,16H2,1-3H3. The molecular formula is C23H34ClNO. The van der Waals surface area contributed by atoms with Crippen molar-refractivity contribution < 1.29 is 5.11 Å². The molecule has 0 heterocycles. The lowest BCUT2D eigenvalue weighted by molar-refractivity contribution is -0.0484. The van der Waals surface area contributed by atoms with E-state index in [2.05, 4.69) is 44.1 Å². The van der Waals surface area contributed by atoms with Gasteiger partial charge in [0, 0.05) is 11.1 Å². The summed E-state index contributed by atoms with van der Waals surface area (Å²) < 4.78 is 0. The van der Waals surface area contributed by atoms with E-state index < -0.39 is 5.60 Å². The van der Waals surface area contributed by atoms with Gasteiger partial charge < -0.3 is 10.0 Å². The zero-order chi connectivity index (χ0) is 18.7. The van der Waals surface area contributed by atoms with E-state index in [1.165, 1.54) is 37.7 Å². The van der Waals surface area contributed by atoms with Crippen molar-refractivity contribution in [1.29, 1.82) is 0 Å². The lowest BCUT2D eigenvalue weighted by atomic mass is 9.65. The quantitative estimate of drug-likeness (QED) is 0.720. The lowest BCUT2D eigenvalue weighted by Gasteiger charge is -2.49. The normalized spacial score (nSPS) is 32.3. The molecule has 3 atom stereocenters. The largest absolute Gasteiger partial charge is 0.384 e. The summed E-state index contributed by atoms with van der Waals surface area (Å²) in [6.45, 7) is 2.28. The summed E-state index contributed by atoms with van der Waals surface area (Å²) in [6, 6.07) is 8.18. The molecule has 2 saturated carbocycles. The van der Waals surface area contributed by atoms with Gasteiger partial charge in [-0.3, -0.25) is 0 Å². The Morgan fingerprint density at radius 1 is 1.08 bits per heavy atom. The zero-order valence-electron chi connectivity index (χ0n) is 16.5. The fraction of sp³-hybridized carbons (Fsp3) is 0.652. The van der Waals surface area contributed by atoms with Gasteiger partial charge in [0.05, 0.1) is 0 Å². The van der Waals surface area contributed by atoms with Crippen LogP contribution in [0.25, 0.3) is 6.08 Å². The van der Waals surface area contributed by atoms with E-state index >= 15 is 0 Å². The topological polar surface area (TPSA) is 23.5 Å². The molecule has 144 valence electrons. The van der Waals surface area contributed by atoms with Gasteiger partial charge in [-0.25, -0.2) is 0 Å². The van der Waals surface area contributed by atoms with Crippen LogP contribution in [0.4, 0.5) is 0 Å². The predicted molar refractivity (Wildman–Crippen MR) is 111 cm³/mol. The van der Waals surface area contributed by atoms with Crippen molar-refractivity contribution in [2.45, 2.75) is 69.9 Å². The molecule has 0 bridgehead atoms. The number of hydrogen-bond acceptors (Lipinski definition) is 2. The van der Waals surface area contributed by atoms with E-state index in [0.29, 0.717) is 11.8 Å². The van der Waals surface area contributed by atoms with Gasteiger partial charge in [0.2, 0.25) is 0 Å². The fourth-order valence-electron chi connectivity index (χ4n) is 5.20. The highest BCUT2D eigenvalue weighted by Gasteiger charge is 2.47. The van der Waals surface area contributed by atoms with Gasteiger partial charge in [-0.1, -0.05) is 68.8 Å². The predicted octanol–water partition coefficient (Wildman–Crippen LogP) is 5.79. The molecule has 3 rings (SSSR count). The Balaban J connectivity index is 1.96. The van der Waals surface area contributed by atoms with Crippen molar-refractivity contribution in [2.75, 3.05) is 14.1 Å². The summed E-state index contributed by atoms with van der Waals surface area (Å²) in [5.41, 5.74) is 1.62. The molecular weight excluding hydrogens is 342 g/mol. The fourth-order valence-corrected chi connectivity index (χ4v) is 5.32. The van der Waals surface area contributed by atoms with Gasteiger partial charge in [-0.05, 0) is 68.5 Å². The number of halogens is 1. The third kappa shape index (κ3) is 4.35. The highest BCUT2D eigenvalue weighted by Crippen LogP contribution is 2.46. The second-order valence-electron chi connectivity index (χ2n) is 8.74. The molecule has 0 saturated heterocycles. The SMILES string of the molecule is CC1CCC(N(C)C)C(O)(CC2CCCCC2)C1=Cc1ccc(Cl)cc1. The Labute approximate surface area is 164 Å². The summed E-state index contributed by atoms with van der Waals surface area (Å²) in [6.07, 6.45) is 11.9. The highest BCUT2D eigenvalue weighted by molar-refractivity contribution is 6.30. The van der Waals surface area contributed by atoms with Crippen LogP contribution in [0.2, 0.25) is 5.02 Å². The second kappa shape index (κ2) is 8.46. The first-order valence-electron chi connectivity index (χ1n) is 10.3. The number of benzene rings is 1. The number of aliphatic hydroxyl groups is 1. The molecule has 1 aromatic carbocycles. The average Bonchev–Trinajstić information content (AvgIpc) is 2.60. The molecule has 26 heavy (non-hydrogen) atoms. The molecule has 0 aromatic heterocycles. The molecule has 2 aliphatic rings. The minimum absolute atomic E-state index is 0.194. The van der Waals surface area contributed by atoms with Crippen LogP contribution < -0.4 is 0 Å². The molecule has 0 spiro atoms. The van der Waals surface area contributed by atoms with Crippen LogP contribution in [0.1, 0.15) is 63.9 Å². The Bertz CT molecular complexity index is 618. The van der Waals surface area contributed by atoms with Gasteiger partial charge in [0.1, 0.15) is 5.60 Å². The van der Waals surface area contributed by atoms with Gasteiger partial charge in [0.25, 0.3) is 0 Å². The lowest BCUT2D eigenvalue weighted by Crippen LogP contribution is -2.56. The molecule has 0 radical (unpaired) electrons. The van der Waals surface area contributed by atoms with Crippen LogP contribution in [0.3, 0.4) is 0 Å². The summed E-state index contributed by atoms with van der Waals surface area (Å²) >= 11 is 6.06. The third-order valence-electron chi connectivity index (χ3n) is 6.60. The first-order chi connectivity index (χ1) is 12.4. The minimum Gasteiger partial charge on any atom is -0.384 e. The van der Waals surface area contributed by atoms with Crippen LogP contribution in [-0.2, 0) is 0 Å². The molecule has 1 N–H and O–H groups in total. The molecule has 3 unspecified atom stereocenters. The van der Waals surface area contributed by atoms with Crippen molar-refractivity contribution in [3.63, 3.8) is 0 Å². The number of likely N-dealkylation sites (N-methyl/N-ethyl adjacent to an activating group) is 1. The molecule has 3 heteroatoms. The maximum atomic E-state index is 12.1. The number of nitrogens with zero attached hydrogens (tertiary/aromatic N) is 1. The van der Waals surface area contributed by atoms with Gasteiger partial charge in [0.15, 0.2) is 0 Å². The first-order valence-corrected chi connectivity index (χ1v) is 10.6. The number of hydrogen-bond donors (Lipinski definition) is 1. The molecule has 0 amide bonds. The summed E-state index contributed by atoms with van der Waals surface area (Å²) in [7, 11) is 4.23. The van der Waals surface area contributed by atoms with E-state index in [-0.39, 0.29) is 6.04 Å². The Morgan fingerprint density at radius 2 is 1.73 bits per heavy atom. The van der Waals surface area contributed by atoms with E-state index in [0.717, 1.165) is 29.8 Å². The monoisotopic (exact) mass is 375 g/mol.